The van der Waals surface area contributed by atoms with Gasteiger partial charge >= 0.3 is 0 Å². The second kappa shape index (κ2) is 6.14. The molecule has 0 aliphatic rings. The molecule has 0 aliphatic carbocycles. The topological polar surface area (TPSA) is 66.4 Å². The summed E-state index contributed by atoms with van der Waals surface area (Å²) in [7, 11) is -3.83. The summed E-state index contributed by atoms with van der Waals surface area (Å²) < 4.78 is 29.6. The molecular formula is C12H19NO3S. The third-order valence-corrected chi connectivity index (χ3v) is 3.41. The van der Waals surface area contributed by atoms with Crippen molar-refractivity contribution >= 4 is 10.1 Å². The van der Waals surface area contributed by atoms with Crippen LogP contribution >= 0.6 is 0 Å². The van der Waals surface area contributed by atoms with E-state index in [0.717, 1.165) is 0 Å². The Balaban J connectivity index is 2.35. The number of hydrogen-bond donors (Lipinski definition) is 2. The van der Waals surface area contributed by atoms with Gasteiger partial charge < -0.3 is 5.32 Å². The second-order valence-corrected chi connectivity index (χ2v) is 5.80. The van der Waals surface area contributed by atoms with Crippen LogP contribution in [0.3, 0.4) is 0 Å². The van der Waals surface area contributed by atoms with Gasteiger partial charge in [0.2, 0.25) is 0 Å². The van der Waals surface area contributed by atoms with Crippen molar-refractivity contribution in [2.24, 2.45) is 0 Å². The van der Waals surface area contributed by atoms with E-state index in [1.165, 1.54) is 11.1 Å². The van der Waals surface area contributed by atoms with Crippen LogP contribution in [0.5, 0.6) is 0 Å². The van der Waals surface area contributed by atoms with Crippen molar-refractivity contribution in [2.75, 3.05) is 12.3 Å². The SMILES string of the molecule is Cc1ccc([C@@H](C)NCCCS(=O)(=O)O)cc1. The molecule has 1 atom stereocenters. The van der Waals surface area contributed by atoms with Crippen molar-refractivity contribution in [3.8, 4) is 0 Å². The minimum absolute atomic E-state index is 0.178. The number of rotatable bonds is 6. The van der Waals surface area contributed by atoms with E-state index in [9.17, 15) is 8.42 Å². The van der Waals surface area contributed by atoms with Gasteiger partial charge in [0.25, 0.3) is 10.1 Å². The highest BCUT2D eigenvalue weighted by molar-refractivity contribution is 7.85. The Morgan fingerprint density at radius 1 is 1.29 bits per heavy atom. The van der Waals surface area contributed by atoms with E-state index in [0.29, 0.717) is 13.0 Å². The summed E-state index contributed by atoms with van der Waals surface area (Å²) in [6, 6.07) is 8.38. The number of nitrogens with one attached hydrogen (secondary N) is 1. The Labute approximate surface area is 103 Å². The van der Waals surface area contributed by atoms with E-state index in [2.05, 4.69) is 17.4 Å². The van der Waals surface area contributed by atoms with Crippen LogP contribution in [-0.2, 0) is 10.1 Å². The van der Waals surface area contributed by atoms with E-state index < -0.39 is 10.1 Å². The van der Waals surface area contributed by atoms with Crippen LogP contribution in [0.25, 0.3) is 0 Å². The largest absolute Gasteiger partial charge is 0.310 e. The molecule has 4 nitrogen and oxygen atoms in total. The van der Waals surface area contributed by atoms with Crippen molar-refractivity contribution < 1.29 is 13.0 Å². The lowest BCUT2D eigenvalue weighted by Crippen LogP contribution is -2.21. The molecule has 1 aromatic carbocycles. The molecule has 0 fully saturated rings. The molecule has 0 saturated carbocycles. The minimum atomic E-state index is -3.83. The molecule has 1 aromatic rings. The first-order valence-electron chi connectivity index (χ1n) is 5.63. The zero-order chi connectivity index (χ0) is 12.9. The molecule has 0 amide bonds. The molecule has 0 aliphatic heterocycles. The third kappa shape index (κ3) is 5.81. The molecule has 0 unspecified atom stereocenters. The Kier molecular flexibility index (Phi) is 5.11. The molecule has 96 valence electrons. The first-order valence-corrected chi connectivity index (χ1v) is 7.24. The molecular weight excluding hydrogens is 238 g/mol. The second-order valence-electron chi connectivity index (χ2n) is 4.23. The standard InChI is InChI=1S/C12H19NO3S/c1-10-4-6-12(7-5-10)11(2)13-8-3-9-17(14,15)16/h4-7,11,13H,3,8-9H2,1-2H3,(H,14,15,16)/t11-/m1/s1. The number of hydrogen-bond acceptors (Lipinski definition) is 3. The fourth-order valence-corrected chi connectivity index (χ4v) is 2.06. The predicted molar refractivity (Wildman–Crippen MR) is 68.6 cm³/mol. The Bertz CT molecular complexity index is 439. The molecule has 0 saturated heterocycles. The highest BCUT2D eigenvalue weighted by Crippen LogP contribution is 2.12. The lowest BCUT2D eigenvalue weighted by atomic mass is 10.1. The highest BCUT2D eigenvalue weighted by atomic mass is 32.2. The van der Waals surface area contributed by atoms with Crippen LogP contribution in [-0.4, -0.2) is 25.3 Å². The summed E-state index contributed by atoms with van der Waals surface area (Å²) in [6.45, 7) is 4.63. The highest BCUT2D eigenvalue weighted by Gasteiger charge is 2.06. The van der Waals surface area contributed by atoms with E-state index in [1.54, 1.807) is 0 Å². The van der Waals surface area contributed by atoms with Gasteiger partial charge in [-0.2, -0.15) is 8.42 Å². The van der Waals surface area contributed by atoms with Gasteiger partial charge in [0, 0.05) is 6.04 Å². The van der Waals surface area contributed by atoms with Gasteiger partial charge in [-0.1, -0.05) is 29.8 Å². The number of aryl methyl sites for hydroxylation is 1. The normalized spacial score (nSPS) is 13.6. The van der Waals surface area contributed by atoms with Gasteiger partial charge in [0.1, 0.15) is 0 Å². The molecule has 0 aromatic heterocycles. The van der Waals surface area contributed by atoms with Crippen LogP contribution in [0.1, 0.15) is 30.5 Å². The molecule has 0 heterocycles. The van der Waals surface area contributed by atoms with E-state index in [-0.39, 0.29) is 11.8 Å². The fourth-order valence-electron chi connectivity index (χ4n) is 1.55. The summed E-state index contributed by atoms with van der Waals surface area (Å²) in [6.07, 6.45) is 0.412. The summed E-state index contributed by atoms with van der Waals surface area (Å²) >= 11 is 0. The quantitative estimate of drug-likeness (QED) is 0.603. The third-order valence-electron chi connectivity index (χ3n) is 2.61. The van der Waals surface area contributed by atoms with Gasteiger partial charge in [-0.15, -0.1) is 0 Å². The van der Waals surface area contributed by atoms with E-state index in [1.807, 2.05) is 26.0 Å². The molecule has 2 N–H and O–H groups in total. The monoisotopic (exact) mass is 257 g/mol. The van der Waals surface area contributed by atoms with Crippen LogP contribution in [0, 0.1) is 6.92 Å². The average Bonchev–Trinajstić information content (AvgIpc) is 2.24. The summed E-state index contributed by atoms with van der Waals surface area (Å²) in [5.41, 5.74) is 2.38. The maximum Gasteiger partial charge on any atom is 0.264 e. The molecule has 1 rings (SSSR count). The van der Waals surface area contributed by atoms with Gasteiger partial charge in [-0.3, -0.25) is 4.55 Å². The van der Waals surface area contributed by atoms with Crippen molar-refractivity contribution in [3.05, 3.63) is 35.4 Å². The maximum atomic E-state index is 10.5. The van der Waals surface area contributed by atoms with Crippen molar-refractivity contribution in [1.82, 2.24) is 5.32 Å². The smallest absolute Gasteiger partial charge is 0.264 e. The van der Waals surface area contributed by atoms with Crippen LogP contribution in [0.15, 0.2) is 24.3 Å². The summed E-state index contributed by atoms with van der Waals surface area (Å²) in [5.74, 6) is -0.194. The predicted octanol–water partition coefficient (Wildman–Crippen LogP) is 1.92. The summed E-state index contributed by atoms with van der Waals surface area (Å²) in [4.78, 5) is 0. The van der Waals surface area contributed by atoms with Gasteiger partial charge in [0.05, 0.1) is 5.75 Å². The van der Waals surface area contributed by atoms with E-state index >= 15 is 0 Å². The Hall–Kier alpha value is -0.910. The molecule has 17 heavy (non-hydrogen) atoms. The first-order chi connectivity index (χ1) is 7.88. The van der Waals surface area contributed by atoms with Crippen molar-refractivity contribution in [1.29, 1.82) is 0 Å². The maximum absolute atomic E-state index is 10.5. The first kappa shape index (κ1) is 14.2. The van der Waals surface area contributed by atoms with Crippen LogP contribution in [0.4, 0.5) is 0 Å². The molecule has 0 spiro atoms. The lowest BCUT2D eigenvalue weighted by molar-refractivity contribution is 0.477. The minimum Gasteiger partial charge on any atom is -0.310 e. The van der Waals surface area contributed by atoms with Gasteiger partial charge in [-0.05, 0) is 32.4 Å². The number of benzene rings is 1. The van der Waals surface area contributed by atoms with Crippen molar-refractivity contribution in [3.63, 3.8) is 0 Å². The van der Waals surface area contributed by atoms with Gasteiger partial charge in [0.15, 0.2) is 0 Å². The van der Waals surface area contributed by atoms with Crippen molar-refractivity contribution in [2.45, 2.75) is 26.3 Å². The van der Waals surface area contributed by atoms with Crippen LogP contribution < -0.4 is 5.32 Å². The van der Waals surface area contributed by atoms with Crippen LogP contribution in [0.2, 0.25) is 0 Å². The van der Waals surface area contributed by atoms with E-state index in [4.69, 9.17) is 4.55 Å². The lowest BCUT2D eigenvalue weighted by Gasteiger charge is -2.14. The molecule has 0 radical (unpaired) electrons. The molecule has 5 heteroatoms. The molecule has 0 bridgehead atoms. The zero-order valence-corrected chi connectivity index (χ0v) is 11.0. The Morgan fingerprint density at radius 3 is 2.41 bits per heavy atom. The Morgan fingerprint density at radius 2 is 1.88 bits per heavy atom. The average molecular weight is 257 g/mol. The fraction of sp³-hybridized carbons (Fsp3) is 0.500. The van der Waals surface area contributed by atoms with Gasteiger partial charge in [-0.25, -0.2) is 0 Å². The summed E-state index contributed by atoms with van der Waals surface area (Å²) in [5, 5.41) is 3.22. The zero-order valence-electron chi connectivity index (χ0n) is 10.2.